The number of nitrogens with two attached hydrogens (primary N) is 1. The molecule has 2 N–H and O–H groups in total. The summed E-state index contributed by atoms with van der Waals surface area (Å²) in [5.74, 6) is 1.00. The van der Waals surface area contributed by atoms with Crippen LogP contribution < -0.4 is 5.73 Å². The first-order chi connectivity index (χ1) is 11.2. The number of benzene rings is 2. The van der Waals surface area contributed by atoms with E-state index in [1.807, 2.05) is 6.07 Å². The van der Waals surface area contributed by atoms with Gasteiger partial charge in [-0.1, -0.05) is 61.7 Å². The SMILES string of the molecule is CCCCC(N)c1nc2ccccc2n1Cc1ccc(C)cc1. The fourth-order valence-electron chi connectivity index (χ4n) is 2.97. The Balaban J connectivity index is 2.00. The molecule has 23 heavy (non-hydrogen) atoms. The number of unbranched alkanes of at least 4 members (excludes halogenated alkanes) is 1. The monoisotopic (exact) mass is 307 g/mol. The van der Waals surface area contributed by atoms with E-state index in [1.54, 1.807) is 0 Å². The van der Waals surface area contributed by atoms with E-state index in [0.29, 0.717) is 0 Å². The molecule has 2 aromatic carbocycles. The van der Waals surface area contributed by atoms with Crippen LogP contribution in [0.1, 0.15) is 49.2 Å². The van der Waals surface area contributed by atoms with Gasteiger partial charge in [0.15, 0.2) is 0 Å². The van der Waals surface area contributed by atoms with Crippen LogP contribution in [0.2, 0.25) is 0 Å². The molecule has 0 fully saturated rings. The minimum Gasteiger partial charge on any atom is -0.322 e. The van der Waals surface area contributed by atoms with Crippen molar-refractivity contribution >= 4 is 11.0 Å². The van der Waals surface area contributed by atoms with E-state index in [-0.39, 0.29) is 6.04 Å². The molecule has 0 aliphatic heterocycles. The fraction of sp³-hybridized carbons (Fsp3) is 0.350. The summed E-state index contributed by atoms with van der Waals surface area (Å²) < 4.78 is 2.28. The Hall–Kier alpha value is -2.13. The number of hydrogen-bond acceptors (Lipinski definition) is 2. The average molecular weight is 307 g/mol. The van der Waals surface area contributed by atoms with Gasteiger partial charge >= 0.3 is 0 Å². The number of aryl methyl sites for hydroxylation is 1. The topological polar surface area (TPSA) is 43.8 Å². The van der Waals surface area contributed by atoms with Gasteiger partial charge in [0, 0.05) is 6.54 Å². The number of aromatic nitrogens is 2. The van der Waals surface area contributed by atoms with Crippen LogP contribution >= 0.6 is 0 Å². The summed E-state index contributed by atoms with van der Waals surface area (Å²) in [5.41, 5.74) is 11.2. The summed E-state index contributed by atoms with van der Waals surface area (Å²) in [6, 6.07) is 17.0. The van der Waals surface area contributed by atoms with Crippen LogP contribution in [0.5, 0.6) is 0 Å². The first kappa shape index (κ1) is 15.8. The molecule has 3 heteroatoms. The van der Waals surface area contributed by atoms with Crippen molar-refractivity contribution in [2.75, 3.05) is 0 Å². The summed E-state index contributed by atoms with van der Waals surface area (Å²) in [7, 11) is 0. The zero-order chi connectivity index (χ0) is 16.2. The molecular weight excluding hydrogens is 282 g/mol. The third-order valence-electron chi connectivity index (χ3n) is 4.35. The summed E-state index contributed by atoms with van der Waals surface area (Å²) in [5, 5.41) is 0. The standard InChI is InChI=1S/C20H25N3/c1-3-4-7-17(21)20-22-18-8-5-6-9-19(18)23(20)14-16-12-10-15(2)11-13-16/h5-6,8-13,17H,3-4,7,14,21H2,1-2H3. The Kier molecular flexibility index (Phi) is 4.77. The number of fused-ring (bicyclic) bond motifs is 1. The molecule has 3 nitrogen and oxygen atoms in total. The van der Waals surface area contributed by atoms with Crippen molar-refractivity contribution in [1.29, 1.82) is 0 Å². The van der Waals surface area contributed by atoms with Crippen molar-refractivity contribution in [3.05, 3.63) is 65.5 Å². The summed E-state index contributed by atoms with van der Waals surface area (Å²) in [4.78, 5) is 4.82. The Morgan fingerprint density at radius 1 is 1.09 bits per heavy atom. The molecule has 120 valence electrons. The fourth-order valence-corrected chi connectivity index (χ4v) is 2.97. The Morgan fingerprint density at radius 2 is 1.83 bits per heavy atom. The lowest BCUT2D eigenvalue weighted by molar-refractivity contribution is 0.552. The van der Waals surface area contributed by atoms with Gasteiger partial charge in [-0.2, -0.15) is 0 Å². The molecular formula is C20H25N3. The molecule has 1 aromatic heterocycles. The van der Waals surface area contributed by atoms with Gasteiger partial charge in [-0.15, -0.1) is 0 Å². The van der Waals surface area contributed by atoms with E-state index in [0.717, 1.165) is 42.7 Å². The van der Waals surface area contributed by atoms with Gasteiger partial charge in [0.2, 0.25) is 0 Å². The highest BCUT2D eigenvalue weighted by Gasteiger charge is 2.16. The maximum absolute atomic E-state index is 6.44. The quantitative estimate of drug-likeness (QED) is 0.724. The van der Waals surface area contributed by atoms with Crippen LogP contribution in [-0.2, 0) is 6.54 Å². The molecule has 0 bridgehead atoms. The van der Waals surface area contributed by atoms with Crippen molar-refractivity contribution in [2.45, 2.75) is 45.7 Å². The van der Waals surface area contributed by atoms with Gasteiger partial charge in [-0.3, -0.25) is 0 Å². The lowest BCUT2D eigenvalue weighted by atomic mass is 10.1. The van der Waals surface area contributed by atoms with E-state index in [1.165, 1.54) is 11.1 Å². The smallest absolute Gasteiger partial charge is 0.127 e. The molecule has 0 aliphatic rings. The summed E-state index contributed by atoms with van der Waals surface area (Å²) in [6.07, 6.45) is 3.27. The minimum atomic E-state index is -0.00667. The lowest BCUT2D eigenvalue weighted by Crippen LogP contribution is -2.17. The van der Waals surface area contributed by atoms with Gasteiger partial charge in [0.05, 0.1) is 17.1 Å². The van der Waals surface area contributed by atoms with Gasteiger partial charge in [-0.25, -0.2) is 4.98 Å². The molecule has 3 rings (SSSR count). The molecule has 3 aromatic rings. The summed E-state index contributed by atoms with van der Waals surface area (Å²) in [6.45, 7) is 5.13. The highest BCUT2D eigenvalue weighted by Crippen LogP contribution is 2.24. The zero-order valence-corrected chi connectivity index (χ0v) is 14.0. The number of para-hydroxylation sites is 2. The highest BCUT2D eigenvalue weighted by molar-refractivity contribution is 5.76. The third-order valence-corrected chi connectivity index (χ3v) is 4.35. The molecule has 1 unspecified atom stereocenters. The molecule has 0 radical (unpaired) electrons. The van der Waals surface area contributed by atoms with Crippen molar-refractivity contribution in [2.24, 2.45) is 5.73 Å². The van der Waals surface area contributed by atoms with Crippen LogP contribution in [-0.4, -0.2) is 9.55 Å². The Labute approximate surface area is 138 Å². The minimum absolute atomic E-state index is 0.00667. The van der Waals surface area contributed by atoms with E-state index in [9.17, 15) is 0 Å². The highest BCUT2D eigenvalue weighted by atomic mass is 15.1. The molecule has 1 atom stereocenters. The number of hydrogen-bond donors (Lipinski definition) is 1. The second-order valence-corrected chi connectivity index (χ2v) is 6.28. The number of rotatable bonds is 6. The molecule has 1 heterocycles. The average Bonchev–Trinajstić information content (AvgIpc) is 2.93. The molecule has 0 aliphatic carbocycles. The maximum atomic E-state index is 6.44. The number of nitrogens with zero attached hydrogens (tertiary/aromatic N) is 2. The second-order valence-electron chi connectivity index (χ2n) is 6.28. The van der Waals surface area contributed by atoms with Gasteiger partial charge in [-0.05, 0) is 31.0 Å². The van der Waals surface area contributed by atoms with Crippen molar-refractivity contribution in [1.82, 2.24) is 9.55 Å². The molecule has 0 saturated carbocycles. The van der Waals surface area contributed by atoms with Gasteiger partial charge < -0.3 is 10.3 Å². The summed E-state index contributed by atoms with van der Waals surface area (Å²) >= 11 is 0. The molecule has 0 spiro atoms. The van der Waals surface area contributed by atoms with Gasteiger partial charge in [0.25, 0.3) is 0 Å². The Bertz CT molecular complexity index is 771. The van der Waals surface area contributed by atoms with E-state index in [4.69, 9.17) is 10.7 Å². The van der Waals surface area contributed by atoms with Crippen molar-refractivity contribution in [3.8, 4) is 0 Å². The van der Waals surface area contributed by atoms with Crippen molar-refractivity contribution in [3.63, 3.8) is 0 Å². The van der Waals surface area contributed by atoms with Crippen LogP contribution in [0.3, 0.4) is 0 Å². The van der Waals surface area contributed by atoms with E-state index in [2.05, 4.69) is 60.9 Å². The second kappa shape index (κ2) is 6.97. The van der Waals surface area contributed by atoms with Crippen molar-refractivity contribution < 1.29 is 0 Å². The van der Waals surface area contributed by atoms with Crippen LogP contribution in [0, 0.1) is 6.92 Å². The van der Waals surface area contributed by atoms with Crippen LogP contribution in [0.4, 0.5) is 0 Å². The predicted octanol–water partition coefficient (Wildman–Crippen LogP) is 4.58. The third kappa shape index (κ3) is 3.45. The maximum Gasteiger partial charge on any atom is 0.127 e. The Morgan fingerprint density at radius 3 is 2.57 bits per heavy atom. The molecule has 0 saturated heterocycles. The largest absolute Gasteiger partial charge is 0.322 e. The van der Waals surface area contributed by atoms with E-state index >= 15 is 0 Å². The van der Waals surface area contributed by atoms with E-state index < -0.39 is 0 Å². The van der Waals surface area contributed by atoms with Crippen LogP contribution in [0.15, 0.2) is 48.5 Å². The van der Waals surface area contributed by atoms with Gasteiger partial charge in [0.1, 0.15) is 5.82 Å². The molecule has 0 amide bonds. The van der Waals surface area contributed by atoms with Crippen LogP contribution in [0.25, 0.3) is 11.0 Å². The predicted molar refractivity (Wildman–Crippen MR) is 96.5 cm³/mol. The zero-order valence-electron chi connectivity index (χ0n) is 14.0. The lowest BCUT2D eigenvalue weighted by Gasteiger charge is -2.15. The first-order valence-corrected chi connectivity index (χ1v) is 8.45. The normalized spacial score (nSPS) is 12.7. The number of imidazole rings is 1. The first-order valence-electron chi connectivity index (χ1n) is 8.45.